The average molecular weight is 210 g/mol. The van der Waals surface area contributed by atoms with E-state index in [2.05, 4.69) is 4.98 Å². The van der Waals surface area contributed by atoms with E-state index in [1.54, 1.807) is 13.0 Å². The fourth-order valence-corrected chi connectivity index (χ4v) is 1.20. The summed E-state index contributed by atoms with van der Waals surface area (Å²) in [5.74, 6) is -0.446. The molecule has 0 bridgehead atoms. The molecule has 1 aromatic rings. The number of hydrogen-bond acceptors (Lipinski definition) is 4. The van der Waals surface area contributed by atoms with Crippen LogP contribution in [0.1, 0.15) is 12.5 Å². The first-order chi connectivity index (χ1) is 7.13. The number of aromatic nitrogens is 1. The number of carbonyl (C=O) groups is 1. The fraction of sp³-hybridized carbons (Fsp3) is 0.400. The van der Waals surface area contributed by atoms with E-state index in [1.165, 1.54) is 12.3 Å². The Hall–Kier alpha value is -1.62. The van der Waals surface area contributed by atoms with E-state index in [-0.39, 0.29) is 5.56 Å². The Morgan fingerprint density at radius 1 is 1.67 bits per heavy atom. The van der Waals surface area contributed by atoms with E-state index in [9.17, 15) is 9.59 Å². The molecular weight excluding hydrogens is 196 g/mol. The third-order valence-corrected chi connectivity index (χ3v) is 1.88. The van der Waals surface area contributed by atoms with Gasteiger partial charge in [0.05, 0.1) is 6.61 Å². The molecule has 0 saturated carbocycles. The van der Waals surface area contributed by atoms with Gasteiger partial charge in [0.15, 0.2) is 0 Å². The number of carbonyl (C=O) groups excluding carboxylic acids is 1. The molecular formula is C10H14N2O3. The molecule has 0 saturated heterocycles. The molecule has 82 valence electrons. The Bertz CT molecular complexity index is 386. The molecule has 1 atom stereocenters. The Kier molecular flexibility index (Phi) is 4.05. The zero-order valence-corrected chi connectivity index (χ0v) is 8.53. The van der Waals surface area contributed by atoms with Crippen molar-refractivity contribution in [2.24, 2.45) is 5.73 Å². The lowest BCUT2D eigenvalue weighted by Gasteiger charge is -2.09. The Morgan fingerprint density at radius 3 is 3.00 bits per heavy atom. The number of ether oxygens (including phenoxy) is 1. The number of aromatic amines is 1. The van der Waals surface area contributed by atoms with Gasteiger partial charge in [-0.3, -0.25) is 9.59 Å². The second-order valence-corrected chi connectivity index (χ2v) is 3.12. The highest BCUT2D eigenvalue weighted by Gasteiger charge is 2.14. The molecule has 0 amide bonds. The van der Waals surface area contributed by atoms with Crippen molar-refractivity contribution in [2.45, 2.75) is 19.4 Å². The van der Waals surface area contributed by atoms with Crippen molar-refractivity contribution < 1.29 is 9.53 Å². The molecule has 0 fully saturated rings. The topological polar surface area (TPSA) is 85.2 Å². The monoisotopic (exact) mass is 210 g/mol. The molecule has 0 aliphatic heterocycles. The number of nitrogens with two attached hydrogens (primary N) is 1. The van der Waals surface area contributed by atoms with E-state index in [4.69, 9.17) is 10.5 Å². The SMILES string of the molecule is CCOC(=O)C(N)Cc1cc[nH]c(=O)c1. The summed E-state index contributed by atoms with van der Waals surface area (Å²) in [6.07, 6.45) is 1.83. The van der Waals surface area contributed by atoms with Crippen molar-refractivity contribution in [1.82, 2.24) is 4.98 Å². The zero-order valence-electron chi connectivity index (χ0n) is 8.53. The molecule has 15 heavy (non-hydrogen) atoms. The van der Waals surface area contributed by atoms with Crippen LogP contribution in [0.15, 0.2) is 23.1 Å². The highest BCUT2D eigenvalue weighted by atomic mass is 16.5. The zero-order chi connectivity index (χ0) is 11.3. The van der Waals surface area contributed by atoms with Gasteiger partial charge in [-0.15, -0.1) is 0 Å². The van der Waals surface area contributed by atoms with Gasteiger partial charge in [-0.2, -0.15) is 0 Å². The van der Waals surface area contributed by atoms with Gasteiger partial charge in [-0.1, -0.05) is 0 Å². The number of H-pyrrole nitrogens is 1. The number of nitrogens with one attached hydrogen (secondary N) is 1. The first-order valence-electron chi connectivity index (χ1n) is 4.73. The summed E-state index contributed by atoms with van der Waals surface area (Å²) in [6.45, 7) is 2.03. The van der Waals surface area contributed by atoms with Gasteiger partial charge in [0, 0.05) is 12.3 Å². The lowest BCUT2D eigenvalue weighted by Crippen LogP contribution is -2.34. The van der Waals surface area contributed by atoms with Gasteiger partial charge in [0.1, 0.15) is 6.04 Å². The smallest absolute Gasteiger partial charge is 0.323 e. The predicted molar refractivity (Wildman–Crippen MR) is 55.4 cm³/mol. The number of esters is 1. The van der Waals surface area contributed by atoms with Gasteiger partial charge >= 0.3 is 5.97 Å². The van der Waals surface area contributed by atoms with Crippen molar-refractivity contribution in [3.8, 4) is 0 Å². The van der Waals surface area contributed by atoms with Crippen LogP contribution in [0.3, 0.4) is 0 Å². The molecule has 0 aliphatic carbocycles. The summed E-state index contributed by atoms with van der Waals surface area (Å²) in [5, 5.41) is 0. The largest absolute Gasteiger partial charge is 0.465 e. The van der Waals surface area contributed by atoms with Crippen LogP contribution in [-0.2, 0) is 16.0 Å². The van der Waals surface area contributed by atoms with Gasteiger partial charge in [-0.25, -0.2) is 0 Å². The molecule has 0 spiro atoms. The molecule has 5 nitrogen and oxygen atoms in total. The third-order valence-electron chi connectivity index (χ3n) is 1.88. The molecule has 5 heteroatoms. The normalized spacial score (nSPS) is 12.1. The van der Waals surface area contributed by atoms with Crippen molar-refractivity contribution in [3.63, 3.8) is 0 Å². The van der Waals surface area contributed by atoms with Crippen LogP contribution in [0.4, 0.5) is 0 Å². The minimum absolute atomic E-state index is 0.205. The summed E-state index contributed by atoms with van der Waals surface area (Å²) in [5.41, 5.74) is 6.12. The van der Waals surface area contributed by atoms with Crippen molar-refractivity contribution in [2.75, 3.05) is 6.61 Å². The Labute approximate surface area is 87.3 Å². The van der Waals surface area contributed by atoms with E-state index >= 15 is 0 Å². The van der Waals surface area contributed by atoms with Crippen molar-refractivity contribution in [1.29, 1.82) is 0 Å². The maximum Gasteiger partial charge on any atom is 0.323 e. The summed E-state index contributed by atoms with van der Waals surface area (Å²) in [6, 6.07) is 2.41. The van der Waals surface area contributed by atoms with Gasteiger partial charge in [0.2, 0.25) is 5.56 Å². The third kappa shape index (κ3) is 3.55. The molecule has 3 N–H and O–H groups in total. The molecule has 0 radical (unpaired) electrons. The molecule has 1 unspecified atom stereocenters. The summed E-state index contributed by atoms with van der Waals surface area (Å²) in [7, 11) is 0. The maximum absolute atomic E-state index is 11.2. The van der Waals surface area contributed by atoms with Crippen molar-refractivity contribution >= 4 is 5.97 Å². The van der Waals surface area contributed by atoms with Crippen molar-refractivity contribution in [3.05, 3.63) is 34.2 Å². The first kappa shape index (κ1) is 11.5. The van der Waals surface area contributed by atoms with Crippen LogP contribution in [0.25, 0.3) is 0 Å². The van der Waals surface area contributed by atoms with Crippen LogP contribution in [0.2, 0.25) is 0 Å². The van der Waals surface area contributed by atoms with Gasteiger partial charge in [-0.05, 0) is 25.0 Å². The standard InChI is InChI=1S/C10H14N2O3/c1-2-15-10(14)8(11)5-7-3-4-12-9(13)6-7/h3-4,6,8H,2,5,11H2,1H3,(H,12,13). The lowest BCUT2D eigenvalue weighted by molar-refractivity contribution is -0.144. The quantitative estimate of drug-likeness (QED) is 0.674. The van der Waals surface area contributed by atoms with E-state index in [0.29, 0.717) is 13.0 Å². The highest BCUT2D eigenvalue weighted by Crippen LogP contribution is 1.99. The van der Waals surface area contributed by atoms with Crippen LogP contribution in [0, 0.1) is 0 Å². The summed E-state index contributed by atoms with van der Waals surface area (Å²) >= 11 is 0. The number of hydrogen-bond donors (Lipinski definition) is 2. The van der Waals surface area contributed by atoms with Crippen LogP contribution in [-0.4, -0.2) is 23.6 Å². The molecule has 1 aromatic heterocycles. The highest BCUT2D eigenvalue weighted by molar-refractivity contribution is 5.75. The molecule has 0 aromatic carbocycles. The summed E-state index contributed by atoms with van der Waals surface area (Å²) in [4.78, 5) is 24.6. The van der Waals surface area contributed by atoms with E-state index in [0.717, 1.165) is 5.56 Å². The number of rotatable bonds is 4. The molecule has 1 heterocycles. The van der Waals surface area contributed by atoms with E-state index in [1.807, 2.05) is 0 Å². The van der Waals surface area contributed by atoms with E-state index < -0.39 is 12.0 Å². The maximum atomic E-state index is 11.2. The minimum Gasteiger partial charge on any atom is -0.465 e. The fourth-order valence-electron chi connectivity index (χ4n) is 1.20. The van der Waals surface area contributed by atoms with Crippen LogP contribution in [0.5, 0.6) is 0 Å². The minimum atomic E-state index is -0.716. The first-order valence-corrected chi connectivity index (χ1v) is 4.73. The summed E-state index contributed by atoms with van der Waals surface area (Å²) < 4.78 is 4.76. The average Bonchev–Trinajstić information content (AvgIpc) is 2.18. The second-order valence-electron chi connectivity index (χ2n) is 3.12. The lowest BCUT2D eigenvalue weighted by atomic mass is 10.1. The second kappa shape index (κ2) is 5.31. The Morgan fingerprint density at radius 2 is 2.40 bits per heavy atom. The van der Waals surface area contributed by atoms with Gasteiger partial charge in [0.25, 0.3) is 0 Å². The predicted octanol–water partition coefficient (Wildman–Crippen LogP) is -0.192. The molecule has 1 rings (SSSR count). The number of pyridine rings is 1. The van der Waals surface area contributed by atoms with Crippen LogP contribution >= 0.6 is 0 Å². The molecule has 0 aliphatic rings. The Balaban J connectivity index is 2.62. The van der Waals surface area contributed by atoms with Crippen LogP contribution < -0.4 is 11.3 Å². The van der Waals surface area contributed by atoms with Gasteiger partial charge < -0.3 is 15.5 Å².